The Morgan fingerprint density at radius 3 is 1.45 bits per heavy atom. The minimum atomic E-state index is -0.669. The highest BCUT2D eigenvalue weighted by Gasteiger charge is 2.19. The van der Waals surface area contributed by atoms with E-state index in [2.05, 4.69) is 40.6 Å². The smallest absolute Gasteiger partial charge is 0.251 e. The molecule has 6 rings (SSSR count). The molecule has 0 fully saturated rings. The van der Waals surface area contributed by atoms with Gasteiger partial charge in [0.15, 0.2) is 11.6 Å². The van der Waals surface area contributed by atoms with E-state index in [1.165, 1.54) is 58.7 Å². The molecule has 0 bridgehead atoms. The summed E-state index contributed by atoms with van der Waals surface area (Å²) in [6.07, 6.45) is 8.42. The average Bonchev–Trinajstić information content (AvgIpc) is 3.67. The Balaban J connectivity index is 0.000000161. The first-order valence-corrected chi connectivity index (χ1v) is 11.9. The second-order valence-corrected chi connectivity index (χ2v) is 8.61. The van der Waals surface area contributed by atoms with Gasteiger partial charge in [0.1, 0.15) is 0 Å². The van der Waals surface area contributed by atoms with Crippen molar-refractivity contribution in [1.29, 1.82) is 0 Å². The molecule has 0 saturated carbocycles. The summed E-state index contributed by atoms with van der Waals surface area (Å²) in [4.78, 5) is 35.4. The van der Waals surface area contributed by atoms with Gasteiger partial charge >= 0.3 is 0 Å². The zero-order valence-electron chi connectivity index (χ0n) is 19.8. The van der Waals surface area contributed by atoms with Gasteiger partial charge in [-0.1, -0.05) is 33.6 Å². The fourth-order valence-corrected chi connectivity index (χ4v) is 3.95. The van der Waals surface area contributed by atoms with Crippen molar-refractivity contribution < 1.29 is 8.78 Å². The van der Waals surface area contributed by atoms with E-state index in [-0.39, 0.29) is 43.7 Å². The SMILES string of the molecule is O=c1cc(-c2c(-n3ccnn3)ccc(Cl)c2F)nc[nH]1.O=c1cc(-c2c(-n3ccnn3)ccc(Cl)c2F)nc[nH]1. The first-order chi connectivity index (χ1) is 19.3. The van der Waals surface area contributed by atoms with Crippen LogP contribution >= 0.6 is 23.2 Å². The fraction of sp³-hybridized carbons (Fsp3) is 0. The Bertz CT molecular complexity index is 1770. The maximum Gasteiger partial charge on any atom is 0.251 e. The van der Waals surface area contributed by atoms with Crippen LogP contribution in [0.5, 0.6) is 0 Å². The standard InChI is InChI=1S/2C12H7ClFN5O/c2*13-7-1-2-9(19-4-3-17-18-19)11(12(7)14)8-5-10(20)16-6-15-8/h2*1-6H,(H,15,16,20). The van der Waals surface area contributed by atoms with Crippen molar-refractivity contribution in [1.82, 2.24) is 49.9 Å². The molecule has 0 aliphatic carbocycles. The third kappa shape index (κ3) is 5.39. The van der Waals surface area contributed by atoms with Crippen LogP contribution in [0.2, 0.25) is 10.0 Å². The number of hydrogen-bond donors (Lipinski definition) is 2. The lowest BCUT2D eigenvalue weighted by Gasteiger charge is -2.10. The number of benzene rings is 2. The zero-order chi connectivity index (χ0) is 28.2. The van der Waals surface area contributed by atoms with Crippen LogP contribution in [0.3, 0.4) is 0 Å². The van der Waals surface area contributed by atoms with Crippen LogP contribution in [-0.4, -0.2) is 49.9 Å². The first-order valence-electron chi connectivity index (χ1n) is 11.1. The highest BCUT2D eigenvalue weighted by atomic mass is 35.5. The molecule has 0 spiro atoms. The summed E-state index contributed by atoms with van der Waals surface area (Å²) in [5, 5.41) is 14.8. The van der Waals surface area contributed by atoms with Gasteiger partial charge in [-0.15, -0.1) is 10.2 Å². The van der Waals surface area contributed by atoms with E-state index in [1.807, 2.05) is 0 Å². The summed E-state index contributed by atoms with van der Waals surface area (Å²) in [6.45, 7) is 0. The lowest BCUT2D eigenvalue weighted by Crippen LogP contribution is -2.07. The molecule has 200 valence electrons. The molecular formula is C24H14Cl2F2N10O2. The number of aromatic nitrogens is 10. The number of nitrogens with zero attached hydrogens (tertiary/aromatic N) is 8. The number of aromatic amines is 2. The molecule has 4 aromatic heterocycles. The minimum Gasteiger partial charge on any atom is -0.313 e. The van der Waals surface area contributed by atoms with Crippen molar-refractivity contribution >= 4 is 23.2 Å². The van der Waals surface area contributed by atoms with Gasteiger partial charge in [-0.2, -0.15) is 0 Å². The monoisotopic (exact) mass is 582 g/mol. The molecule has 6 aromatic rings. The van der Waals surface area contributed by atoms with Crippen LogP contribution in [0.15, 0.2) is 83.4 Å². The van der Waals surface area contributed by atoms with Gasteiger partial charge in [-0.25, -0.2) is 28.1 Å². The molecule has 16 heteroatoms. The van der Waals surface area contributed by atoms with Gasteiger partial charge in [-0.3, -0.25) is 9.59 Å². The van der Waals surface area contributed by atoms with Crippen molar-refractivity contribution in [2.24, 2.45) is 0 Å². The van der Waals surface area contributed by atoms with Crippen LogP contribution < -0.4 is 11.1 Å². The third-order valence-electron chi connectivity index (χ3n) is 5.35. The van der Waals surface area contributed by atoms with E-state index in [0.717, 1.165) is 0 Å². The molecule has 2 N–H and O–H groups in total. The third-order valence-corrected chi connectivity index (χ3v) is 5.94. The molecule has 40 heavy (non-hydrogen) atoms. The Morgan fingerprint density at radius 2 is 1.10 bits per heavy atom. The minimum absolute atomic E-state index is 0.0639. The number of hydrogen-bond acceptors (Lipinski definition) is 8. The lowest BCUT2D eigenvalue weighted by atomic mass is 10.1. The number of halogens is 4. The van der Waals surface area contributed by atoms with Gasteiger partial charge in [-0.05, 0) is 24.3 Å². The summed E-state index contributed by atoms with van der Waals surface area (Å²) in [6, 6.07) is 8.36. The quantitative estimate of drug-likeness (QED) is 0.319. The van der Waals surface area contributed by atoms with Crippen LogP contribution in [0.1, 0.15) is 0 Å². The van der Waals surface area contributed by atoms with Crippen LogP contribution in [-0.2, 0) is 0 Å². The Morgan fingerprint density at radius 1 is 0.675 bits per heavy atom. The zero-order valence-corrected chi connectivity index (χ0v) is 21.3. The van der Waals surface area contributed by atoms with Gasteiger partial charge in [0.05, 0.1) is 81.4 Å². The maximum atomic E-state index is 14.3. The van der Waals surface area contributed by atoms with Gasteiger partial charge in [0.2, 0.25) is 0 Å². The predicted molar refractivity (Wildman–Crippen MR) is 140 cm³/mol. The highest BCUT2D eigenvalue weighted by Crippen LogP contribution is 2.32. The molecule has 0 aliphatic rings. The maximum absolute atomic E-state index is 14.3. The molecule has 0 amide bonds. The molecular weight excluding hydrogens is 569 g/mol. The lowest BCUT2D eigenvalue weighted by molar-refractivity contribution is 0.628. The number of nitrogens with one attached hydrogen (secondary N) is 2. The summed E-state index contributed by atoms with van der Waals surface area (Å²) in [5.74, 6) is -1.34. The van der Waals surface area contributed by atoms with E-state index < -0.39 is 11.6 Å². The van der Waals surface area contributed by atoms with Gasteiger partial charge in [0.25, 0.3) is 11.1 Å². The Kier molecular flexibility index (Phi) is 7.52. The Hall–Kier alpha value is -5.08. The number of rotatable bonds is 4. The van der Waals surface area contributed by atoms with E-state index in [1.54, 1.807) is 24.5 Å². The van der Waals surface area contributed by atoms with Crippen molar-refractivity contribution in [3.05, 3.63) is 116 Å². The summed E-state index contributed by atoms with van der Waals surface area (Å²) in [7, 11) is 0. The first kappa shape index (κ1) is 26.5. The molecule has 12 nitrogen and oxygen atoms in total. The molecule has 2 aromatic carbocycles. The summed E-state index contributed by atoms with van der Waals surface area (Å²) >= 11 is 11.6. The van der Waals surface area contributed by atoms with Gasteiger partial charge in [0, 0.05) is 12.1 Å². The number of H-pyrrole nitrogens is 2. The molecule has 0 radical (unpaired) electrons. The van der Waals surface area contributed by atoms with Crippen LogP contribution in [0.4, 0.5) is 8.78 Å². The predicted octanol–water partition coefficient (Wildman–Crippen LogP) is 3.62. The fourth-order valence-electron chi connectivity index (χ4n) is 3.63. The van der Waals surface area contributed by atoms with Crippen molar-refractivity contribution in [3.8, 4) is 33.9 Å². The summed E-state index contributed by atoms with van der Waals surface area (Å²) in [5.41, 5.74) is 0.518. The topological polar surface area (TPSA) is 153 Å². The highest BCUT2D eigenvalue weighted by molar-refractivity contribution is 6.31. The van der Waals surface area contributed by atoms with E-state index in [9.17, 15) is 18.4 Å². The second-order valence-electron chi connectivity index (χ2n) is 7.80. The van der Waals surface area contributed by atoms with Crippen molar-refractivity contribution in [2.75, 3.05) is 0 Å². The summed E-state index contributed by atoms with van der Waals surface area (Å²) < 4.78 is 31.4. The van der Waals surface area contributed by atoms with Crippen molar-refractivity contribution in [2.45, 2.75) is 0 Å². The second kappa shape index (κ2) is 11.3. The molecule has 0 unspecified atom stereocenters. The molecule has 0 aliphatic heterocycles. The molecule has 4 heterocycles. The van der Waals surface area contributed by atoms with Gasteiger partial charge < -0.3 is 9.97 Å². The van der Waals surface area contributed by atoms with Crippen LogP contribution in [0, 0.1) is 11.6 Å². The van der Waals surface area contributed by atoms with E-state index in [0.29, 0.717) is 11.4 Å². The van der Waals surface area contributed by atoms with Crippen molar-refractivity contribution in [3.63, 3.8) is 0 Å². The Labute approximate surface area is 231 Å². The largest absolute Gasteiger partial charge is 0.313 e. The average molecular weight is 583 g/mol. The molecule has 0 atom stereocenters. The van der Waals surface area contributed by atoms with Crippen LogP contribution in [0.25, 0.3) is 33.9 Å². The van der Waals surface area contributed by atoms with E-state index >= 15 is 0 Å². The van der Waals surface area contributed by atoms with E-state index in [4.69, 9.17) is 23.2 Å². The normalized spacial score (nSPS) is 10.7. The molecule has 0 saturated heterocycles.